The summed E-state index contributed by atoms with van der Waals surface area (Å²) in [5, 5.41) is 2.59. The number of hydrogen-bond donors (Lipinski definition) is 1. The lowest BCUT2D eigenvalue weighted by atomic mass is 10.1. The zero-order chi connectivity index (χ0) is 19.6. The van der Waals surface area contributed by atoms with E-state index in [1.165, 1.54) is 0 Å². The third-order valence-electron chi connectivity index (χ3n) is 4.96. The third-order valence-corrected chi connectivity index (χ3v) is 4.96. The van der Waals surface area contributed by atoms with Crippen LogP contribution in [0.3, 0.4) is 0 Å². The second kappa shape index (κ2) is 7.80. The number of alkyl halides is 2. The molecule has 2 saturated heterocycles. The van der Waals surface area contributed by atoms with Crippen LogP contribution in [0, 0.1) is 6.92 Å². The summed E-state index contributed by atoms with van der Waals surface area (Å²) in [4.78, 5) is 28.2. The van der Waals surface area contributed by atoms with E-state index in [2.05, 4.69) is 5.32 Å². The van der Waals surface area contributed by atoms with E-state index in [1.54, 1.807) is 22.8 Å². The third kappa shape index (κ3) is 4.74. The molecule has 0 radical (unpaired) electrons. The summed E-state index contributed by atoms with van der Waals surface area (Å²) >= 11 is 0. The number of amides is 2. The molecule has 3 rings (SSSR count). The first kappa shape index (κ1) is 19.5. The highest BCUT2D eigenvalue weighted by Gasteiger charge is 2.44. The molecule has 2 aliphatic rings. The van der Waals surface area contributed by atoms with Gasteiger partial charge in [-0.1, -0.05) is 12.1 Å². The van der Waals surface area contributed by atoms with Gasteiger partial charge in [0.25, 0.3) is 11.8 Å². The Labute approximate surface area is 157 Å². The number of rotatable bonds is 4. The smallest absolute Gasteiger partial charge is 0.263 e. The van der Waals surface area contributed by atoms with Gasteiger partial charge in [0.1, 0.15) is 5.75 Å². The van der Waals surface area contributed by atoms with E-state index in [0.29, 0.717) is 31.9 Å². The molecule has 2 heterocycles. The zero-order valence-corrected chi connectivity index (χ0v) is 15.6. The van der Waals surface area contributed by atoms with E-state index >= 15 is 0 Å². The predicted molar refractivity (Wildman–Crippen MR) is 95.8 cm³/mol. The molecule has 2 unspecified atom stereocenters. The molecule has 2 atom stereocenters. The summed E-state index contributed by atoms with van der Waals surface area (Å²) in [7, 11) is 0. The number of hydrogen-bond acceptors (Lipinski definition) is 4. The second-order valence-corrected chi connectivity index (χ2v) is 7.22. The van der Waals surface area contributed by atoms with Crippen molar-refractivity contribution in [3.05, 3.63) is 29.8 Å². The van der Waals surface area contributed by atoms with Crippen molar-refractivity contribution in [1.82, 2.24) is 15.1 Å². The highest BCUT2D eigenvalue weighted by atomic mass is 19.3. The van der Waals surface area contributed by atoms with Crippen molar-refractivity contribution in [3.63, 3.8) is 0 Å². The molecule has 1 N–H and O–H groups in total. The second-order valence-electron chi connectivity index (χ2n) is 7.22. The zero-order valence-electron chi connectivity index (χ0n) is 15.6. The molecule has 148 valence electrons. The number of piperazine rings is 1. The van der Waals surface area contributed by atoms with Crippen LogP contribution >= 0.6 is 0 Å². The summed E-state index contributed by atoms with van der Waals surface area (Å²) in [6.45, 7) is 4.61. The Kier molecular flexibility index (Phi) is 5.64. The van der Waals surface area contributed by atoms with Crippen molar-refractivity contribution in [2.45, 2.75) is 38.3 Å². The first-order valence-electron chi connectivity index (χ1n) is 9.17. The summed E-state index contributed by atoms with van der Waals surface area (Å²) in [5.74, 6) is -2.66. The van der Waals surface area contributed by atoms with Gasteiger partial charge in [0.05, 0.1) is 12.6 Å². The molecule has 2 fully saturated rings. The number of nitrogens with zero attached hydrogens (tertiary/aromatic N) is 2. The number of carbonyl (C=O) groups is 2. The van der Waals surface area contributed by atoms with Gasteiger partial charge in [-0.25, -0.2) is 8.78 Å². The number of nitrogens with one attached hydrogen (secondary N) is 1. The molecule has 1 aromatic carbocycles. The van der Waals surface area contributed by atoms with E-state index in [0.717, 1.165) is 5.56 Å². The Bertz CT molecular complexity index is 705. The van der Waals surface area contributed by atoms with Gasteiger partial charge in [-0.2, -0.15) is 0 Å². The minimum absolute atomic E-state index is 0.144. The highest BCUT2D eigenvalue weighted by molar-refractivity contribution is 5.84. The predicted octanol–water partition coefficient (Wildman–Crippen LogP) is 1.43. The van der Waals surface area contributed by atoms with Gasteiger partial charge in [0.15, 0.2) is 6.10 Å². The number of benzene rings is 1. The molecule has 1 aromatic rings. The molecule has 27 heavy (non-hydrogen) atoms. The molecule has 0 bridgehead atoms. The molecule has 0 spiro atoms. The van der Waals surface area contributed by atoms with Gasteiger partial charge in [-0.15, -0.1) is 0 Å². The van der Waals surface area contributed by atoms with E-state index in [-0.39, 0.29) is 11.8 Å². The van der Waals surface area contributed by atoms with Crippen LogP contribution < -0.4 is 10.1 Å². The fraction of sp³-hybridized carbons (Fsp3) is 0.579. The molecule has 0 aromatic heterocycles. The number of ether oxygens (including phenoxy) is 1. The molecule has 2 aliphatic heterocycles. The minimum atomic E-state index is -2.83. The molecular weight excluding hydrogens is 356 g/mol. The first-order valence-corrected chi connectivity index (χ1v) is 9.17. The van der Waals surface area contributed by atoms with E-state index in [9.17, 15) is 18.4 Å². The monoisotopic (exact) mass is 381 g/mol. The van der Waals surface area contributed by atoms with E-state index < -0.39 is 31.0 Å². The Morgan fingerprint density at radius 1 is 1.22 bits per heavy atom. The van der Waals surface area contributed by atoms with Gasteiger partial charge in [-0.3, -0.25) is 14.9 Å². The van der Waals surface area contributed by atoms with Crippen LogP contribution in [-0.2, 0) is 9.59 Å². The Balaban J connectivity index is 1.49. The summed E-state index contributed by atoms with van der Waals surface area (Å²) < 4.78 is 32.3. The standard InChI is InChI=1S/C19H25F2N3O3/c1-13-4-3-5-15(10-13)27-14(2)17(25)23-6-8-24(9-7-23)18(26)16-11-19(20,21)12-22-16/h3-5,10,14,16,22H,6-9,11-12H2,1-2H3. The van der Waals surface area contributed by atoms with Gasteiger partial charge in [0.2, 0.25) is 5.91 Å². The van der Waals surface area contributed by atoms with Crippen LogP contribution in [0.2, 0.25) is 0 Å². The Morgan fingerprint density at radius 3 is 2.48 bits per heavy atom. The normalized spacial score (nSPS) is 23.2. The van der Waals surface area contributed by atoms with Crippen LogP contribution in [0.25, 0.3) is 0 Å². The van der Waals surface area contributed by atoms with Crippen LogP contribution in [-0.4, -0.2) is 72.4 Å². The van der Waals surface area contributed by atoms with Gasteiger partial charge in [0, 0.05) is 32.6 Å². The summed E-state index contributed by atoms with van der Waals surface area (Å²) in [6.07, 6.45) is -1.10. The molecule has 6 nitrogen and oxygen atoms in total. The maximum atomic E-state index is 13.3. The maximum Gasteiger partial charge on any atom is 0.263 e. The molecule has 0 saturated carbocycles. The maximum absolute atomic E-state index is 13.3. The number of halogens is 2. The largest absolute Gasteiger partial charge is 0.481 e. The molecule has 2 amide bonds. The minimum Gasteiger partial charge on any atom is -0.481 e. The fourth-order valence-corrected chi connectivity index (χ4v) is 3.46. The molecular formula is C19H25F2N3O3. The van der Waals surface area contributed by atoms with Crippen LogP contribution in [0.15, 0.2) is 24.3 Å². The van der Waals surface area contributed by atoms with Crippen molar-refractivity contribution >= 4 is 11.8 Å². The van der Waals surface area contributed by atoms with Gasteiger partial charge >= 0.3 is 0 Å². The lowest BCUT2D eigenvalue weighted by Gasteiger charge is -2.36. The van der Waals surface area contributed by atoms with Crippen LogP contribution in [0.5, 0.6) is 5.75 Å². The topological polar surface area (TPSA) is 61.9 Å². The SMILES string of the molecule is Cc1cccc(OC(C)C(=O)N2CCN(C(=O)C3CC(F)(F)CN3)CC2)c1. The average Bonchev–Trinajstić information content (AvgIpc) is 3.00. The first-order chi connectivity index (χ1) is 12.7. The number of aryl methyl sites for hydroxylation is 1. The van der Waals surface area contributed by atoms with Crippen LogP contribution in [0.4, 0.5) is 8.78 Å². The fourth-order valence-electron chi connectivity index (χ4n) is 3.46. The van der Waals surface area contributed by atoms with Crippen molar-refractivity contribution in [2.24, 2.45) is 0 Å². The Morgan fingerprint density at radius 2 is 1.89 bits per heavy atom. The lowest BCUT2D eigenvalue weighted by molar-refractivity contribution is -0.144. The summed E-state index contributed by atoms with van der Waals surface area (Å²) in [6, 6.07) is 6.64. The van der Waals surface area contributed by atoms with Gasteiger partial charge < -0.3 is 14.5 Å². The molecule has 8 heteroatoms. The van der Waals surface area contributed by atoms with E-state index in [1.807, 2.05) is 25.1 Å². The van der Waals surface area contributed by atoms with E-state index in [4.69, 9.17) is 4.74 Å². The van der Waals surface area contributed by atoms with Crippen molar-refractivity contribution in [3.8, 4) is 5.75 Å². The quantitative estimate of drug-likeness (QED) is 0.857. The molecule has 0 aliphatic carbocycles. The number of carbonyl (C=O) groups excluding carboxylic acids is 2. The van der Waals surface area contributed by atoms with Gasteiger partial charge in [-0.05, 0) is 31.5 Å². The van der Waals surface area contributed by atoms with Crippen molar-refractivity contribution in [2.75, 3.05) is 32.7 Å². The summed E-state index contributed by atoms with van der Waals surface area (Å²) in [5.41, 5.74) is 1.05. The van der Waals surface area contributed by atoms with Crippen molar-refractivity contribution < 1.29 is 23.1 Å². The van der Waals surface area contributed by atoms with Crippen molar-refractivity contribution in [1.29, 1.82) is 0 Å². The highest BCUT2D eigenvalue weighted by Crippen LogP contribution is 2.26. The average molecular weight is 381 g/mol. The van der Waals surface area contributed by atoms with Crippen LogP contribution in [0.1, 0.15) is 18.9 Å². The Hall–Kier alpha value is -2.22. The lowest BCUT2D eigenvalue weighted by Crippen LogP contribution is -2.55.